The summed E-state index contributed by atoms with van der Waals surface area (Å²) in [5, 5.41) is 5.66. The predicted molar refractivity (Wildman–Crippen MR) is 108 cm³/mol. The molecule has 0 radical (unpaired) electrons. The molecule has 0 aliphatic carbocycles. The van der Waals surface area contributed by atoms with Crippen molar-refractivity contribution >= 4 is 27.4 Å². The molecule has 0 spiro atoms. The first-order chi connectivity index (χ1) is 13.4. The molecular weight excluding hydrogens is 360 g/mol. The molecule has 2 fully saturated rings. The maximum atomic E-state index is 5.45. The van der Waals surface area contributed by atoms with Crippen LogP contribution < -0.4 is 10.2 Å². The summed E-state index contributed by atoms with van der Waals surface area (Å²) in [6.45, 7) is 8.61. The fourth-order valence-corrected chi connectivity index (χ4v) is 4.75. The largest absolute Gasteiger partial charge is 0.379 e. The van der Waals surface area contributed by atoms with Crippen LogP contribution in [0.25, 0.3) is 21.5 Å². The standard InChI is InChI=1S/C19H24N6OS/c1-2-21-18(17-12-22-19(27-17)25-5-3-20-4-6-25)15-11-14(23-16(1)15)13-24-7-9-26-10-8-24/h1-2,11-12,20,23H,3-10,13H2. The molecule has 2 aliphatic heterocycles. The number of ether oxygens (including phenoxy) is 1. The number of anilines is 1. The molecular formula is C19H24N6OS. The molecule has 5 rings (SSSR count). The highest BCUT2D eigenvalue weighted by atomic mass is 32.1. The van der Waals surface area contributed by atoms with Crippen LogP contribution in [0.15, 0.2) is 24.5 Å². The van der Waals surface area contributed by atoms with Gasteiger partial charge in [0, 0.05) is 74.8 Å². The molecule has 7 nitrogen and oxygen atoms in total. The van der Waals surface area contributed by atoms with Crippen molar-refractivity contribution in [3.63, 3.8) is 0 Å². The third-order valence-corrected chi connectivity index (χ3v) is 6.28. The summed E-state index contributed by atoms with van der Waals surface area (Å²) in [4.78, 5) is 18.8. The molecule has 2 N–H and O–H groups in total. The van der Waals surface area contributed by atoms with Crippen molar-refractivity contribution in [1.29, 1.82) is 0 Å². The van der Waals surface area contributed by atoms with Crippen molar-refractivity contribution in [3.8, 4) is 10.6 Å². The number of aromatic amines is 1. The molecule has 0 amide bonds. The lowest BCUT2D eigenvalue weighted by Crippen LogP contribution is -2.43. The molecule has 3 aromatic heterocycles. The fraction of sp³-hybridized carbons (Fsp3) is 0.474. The van der Waals surface area contributed by atoms with Crippen LogP contribution in [-0.4, -0.2) is 72.3 Å². The zero-order chi connectivity index (χ0) is 18.1. The van der Waals surface area contributed by atoms with E-state index in [-0.39, 0.29) is 0 Å². The minimum Gasteiger partial charge on any atom is -0.379 e. The first-order valence-electron chi connectivity index (χ1n) is 9.55. The molecule has 2 aliphatic rings. The zero-order valence-corrected chi connectivity index (χ0v) is 16.1. The Morgan fingerprint density at radius 3 is 2.81 bits per heavy atom. The van der Waals surface area contributed by atoms with E-state index in [9.17, 15) is 0 Å². The van der Waals surface area contributed by atoms with Crippen LogP contribution >= 0.6 is 11.3 Å². The van der Waals surface area contributed by atoms with E-state index in [2.05, 4.69) is 42.2 Å². The zero-order valence-electron chi connectivity index (χ0n) is 15.3. The molecule has 5 heterocycles. The van der Waals surface area contributed by atoms with Gasteiger partial charge in [-0.25, -0.2) is 4.98 Å². The van der Waals surface area contributed by atoms with Gasteiger partial charge in [0.25, 0.3) is 0 Å². The van der Waals surface area contributed by atoms with Crippen LogP contribution in [0, 0.1) is 0 Å². The molecule has 3 aromatic rings. The number of rotatable bonds is 4. The van der Waals surface area contributed by atoms with Gasteiger partial charge >= 0.3 is 0 Å². The van der Waals surface area contributed by atoms with E-state index in [0.717, 1.165) is 80.2 Å². The van der Waals surface area contributed by atoms with Crippen molar-refractivity contribution in [2.24, 2.45) is 0 Å². The van der Waals surface area contributed by atoms with Gasteiger partial charge in [0.2, 0.25) is 0 Å². The van der Waals surface area contributed by atoms with Crippen molar-refractivity contribution < 1.29 is 4.74 Å². The Morgan fingerprint density at radius 2 is 1.96 bits per heavy atom. The summed E-state index contributed by atoms with van der Waals surface area (Å²) >= 11 is 1.74. The van der Waals surface area contributed by atoms with Gasteiger partial charge in [-0.1, -0.05) is 11.3 Å². The fourth-order valence-electron chi connectivity index (χ4n) is 3.77. The second-order valence-corrected chi connectivity index (χ2v) is 8.06. The Kier molecular flexibility index (Phi) is 4.79. The second kappa shape index (κ2) is 7.55. The monoisotopic (exact) mass is 384 g/mol. The number of H-pyrrole nitrogens is 1. The maximum Gasteiger partial charge on any atom is 0.185 e. The van der Waals surface area contributed by atoms with E-state index >= 15 is 0 Å². The molecule has 0 atom stereocenters. The molecule has 142 valence electrons. The number of fused-ring (bicyclic) bond motifs is 1. The van der Waals surface area contributed by atoms with E-state index in [1.807, 2.05) is 12.4 Å². The molecule has 0 aromatic carbocycles. The van der Waals surface area contributed by atoms with Crippen molar-refractivity contribution in [3.05, 3.63) is 30.2 Å². The molecule has 8 heteroatoms. The Morgan fingerprint density at radius 1 is 1.11 bits per heavy atom. The van der Waals surface area contributed by atoms with E-state index < -0.39 is 0 Å². The number of hydrogen-bond donors (Lipinski definition) is 2. The third kappa shape index (κ3) is 3.58. The Balaban J connectivity index is 1.42. The minimum absolute atomic E-state index is 0.822. The average molecular weight is 385 g/mol. The maximum absolute atomic E-state index is 5.45. The number of thiazole rings is 1. The number of nitrogens with one attached hydrogen (secondary N) is 2. The lowest BCUT2D eigenvalue weighted by molar-refractivity contribution is 0.0337. The quantitative estimate of drug-likeness (QED) is 0.716. The average Bonchev–Trinajstić information content (AvgIpc) is 3.36. The van der Waals surface area contributed by atoms with Gasteiger partial charge in [0.05, 0.1) is 23.8 Å². The van der Waals surface area contributed by atoms with Crippen LogP contribution in [-0.2, 0) is 11.3 Å². The third-order valence-electron chi connectivity index (χ3n) is 5.22. The highest BCUT2D eigenvalue weighted by Gasteiger charge is 2.18. The number of nitrogens with zero attached hydrogens (tertiary/aromatic N) is 4. The predicted octanol–water partition coefficient (Wildman–Crippen LogP) is 1.93. The summed E-state index contributed by atoms with van der Waals surface area (Å²) in [5.74, 6) is 0. The highest BCUT2D eigenvalue weighted by molar-refractivity contribution is 7.19. The van der Waals surface area contributed by atoms with Gasteiger partial charge in [0.15, 0.2) is 5.13 Å². The van der Waals surface area contributed by atoms with E-state index in [1.54, 1.807) is 11.3 Å². The van der Waals surface area contributed by atoms with Gasteiger partial charge in [-0.15, -0.1) is 0 Å². The van der Waals surface area contributed by atoms with Gasteiger partial charge in [0.1, 0.15) is 0 Å². The van der Waals surface area contributed by atoms with Gasteiger partial charge < -0.3 is 19.9 Å². The lowest BCUT2D eigenvalue weighted by atomic mass is 10.2. The number of morpholine rings is 1. The van der Waals surface area contributed by atoms with Gasteiger partial charge in [-0.2, -0.15) is 0 Å². The van der Waals surface area contributed by atoms with Crippen LogP contribution in [0.1, 0.15) is 5.69 Å². The van der Waals surface area contributed by atoms with Crippen LogP contribution in [0.3, 0.4) is 0 Å². The molecule has 0 bridgehead atoms. The topological polar surface area (TPSA) is 69.3 Å². The minimum atomic E-state index is 0.822. The number of aromatic nitrogens is 3. The van der Waals surface area contributed by atoms with Gasteiger partial charge in [-0.3, -0.25) is 9.88 Å². The second-order valence-electron chi connectivity index (χ2n) is 7.05. The smallest absolute Gasteiger partial charge is 0.185 e. The lowest BCUT2D eigenvalue weighted by Gasteiger charge is -2.26. The first kappa shape index (κ1) is 17.1. The van der Waals surface area contributed by atoms with Crippen molar-refractivity contribution in [2.75, 3.05) is 57.4 Å². The molecule has 0 saturated carbocycles. The van der Waals surface area contributed by atoms with E-state index in [0.29, 0.717) is 0 Å². The molecule has 0 unspecified atom stereocenters. The highest BCUT2D eigenvalue weighted by Crippen LogP contribution is 2.34. The normalized spacial score (nSPS) is 19.0. The Labute approximate surface area is 162 Å². The van der Waals surface area contributed by atoms with Crippen molar-refractivity contribution in [2.45, 2.75) is 6.54 Å². The summed E-state index contributed by atoms with van der Waals surface area (Å²) in [6, 6.07) is 4.30. The van der Waals surface area contributed by atoms with Crippen LogP contribution in [0.4, 0.5) is 5.13 Å². The van der Waals surface area contributed by atoms with Crippen LogP contribution in [0.5, 0.6) is 0 Å². The molecule has 27 heavy (non-hydrogen) atoms. The Hall–Kier alpha value is -2.00. The Bertz CT molecular complexity index is 910. The molecule has 2 saturated heterocycles. The van der Waals surface area contributed by atoms with E-state index in [1.165, 1.54) is 11.1 Å². The van der Waals surface area contributed by atoms with E-state index in [4.69, 9.17) is 4.74 Å². The number of piperazine rings is 1. The summed E-state index contributed by atoms with van der Waals surface area (Å²) in [5.41, 5.74) is 3.39. The number of hydrogen-bond acceptors (Lipinski definition) is 7. The number of pyridine rings is 1. The first-order valence-corrected chi connectivity index (χ1v) is 10.4. The van der Waals surface area contributed by atoms with Crippen LogP contribution in [0.2, 0.25) is 0 Å². The van der Waals surface area contributed by atoms with Crippen molar-refractivity contribution in [1.82, 2.24) is 25.2 Å². The summed E-state index contributed by atoms with van der Waals surface area (Å²) in [6.07, 6.45) is 3.86. The summed E-state index contributed by atoms with van der Waals surface area (Å²) in [7, 11) is 0. The SMILES string of the molecule is c1cc2[nH]c(CN3CCOCC3)cc2c(-c2cnc(N3CCNCC3)s2)n1. The summed E-state index contributed by atoms with van der Waals surface area (Å²) < 4.78 is 5.45. The van der Waals surface area contributed by atoms with Gasteiger partial charge in [-0.05, 0) is 12.1 Å².